The number of hydrogen-bond donors (Lipinski definition) is 0. The van der Waals surface area contributed by atoms with Gasteiger partial charge in [-0.25, -0.2) is 8.78 Å². The van der Waals surface area contributed by atoms with E-state index < -0.39 is 0 Å². The molecule has 3 nitrogen and oxygen atoms in total. The molecular weight excluding hydrogens is 478 g/mol. The number of anilines is 6. The van der Waals surface area contributed by atoms with Crippen LogP contribution in [0.1, 0.15) is 0 Å². The highest BCUT2D eigenvalue weighted by Crippen LogP contribution is 2.44. The fraction of sp³-hybridized carbons (Fsp3) is 0. The quantitative estimate of drug-likeness (QED) is 0.237. The van der Waals surface area contributed by atoms with Crippen molar-refractivity contribution in [3.05, 3.63) is 132 Å². The first-order valence-corrected chi connectivity index (χ1v) is 11.7. The molecule has 36 heavy (non-hydrogen) atoms. The molecular formula is C30H19ClF2N2O. The Morgan fingerprint density at radius 3 is 1.36 bits per heavy atom. The van der Waals surface area contributed by atoms with Crippen molar-refractivity contribution in [1.29, 1.82) is 0 Å². The van der Waals surface area contributed by atoms with Crippen LogP contribution in [0, 0.1) is 11.6 Å². The van der Waals surface area contributed by atoms with Crippen LogP contribution in [-0.4, -0.2) is 0 Å². The molecule has 0 N–H and O–H groups in total. The van der Waals surface area contributed by atoms with Crippen molar-refractivity contribution in [3.63, 3.8) is 0 Å². The van der Waals surface area contributed by atoms with E-state index in [4.69, 9.17) is 16.3 Å². The molecule has 1 heterocycles. The van der Waals surface area contributed by atoms with Crippen LogP contribution in [0.5, 0.6) is 11.5 Å². The summed E-state index contributed by atoms with van der Waals surface area (Å²) in [6.07, 6.45) is 0. The van der Waals surface area contributed by atoms with Gasteiger partial charge in [-0.3, -0.25) is 0 Å². The zero-order valence-corrected chi connectivity index (χ0v) is 19.7. The van der Waals surface area contributed by atoms with Crippen molar-refractivity contribution in [2.45, 2.75) is 0 Å². The van der Waals surface area contributed by atoms with E-state index in [2.05, 4.69) is 0 Å². The van der Waals surface area contributed by atoms with Crippen LogP contribution in [0.25, 0.3) is 0 Å². The molecule has 0 unspecified atom stereocenters. The molecule has 6 bridgehead atoms. The molecule has 0 aliphatic carbocycles. The van der Waals surface area contributed by atoms with Gasteiger partial charge in [0.2, 0.25) is 0 Å². The molecule has 0 atom stereocenters. The van der Waals surface area contributed by atoms with Crippen LogP contribution in [0.15, 0.2) is 115 Å². The van der Waals surface area contributed by atoms with E-state index >= 15 is 0 Å². The number of fused-ring (bicyclic) bond motifs is 6. The van der Waals surface area contributed by atoms with Gasteiger partial charge < -0.3 is 14.5 Å². The fourth-order valence-electron chi connectivity index (χ4n) is 4.40. The maximum Gasteiger partial charge on any atom is 0.129 e. The lowest BCUT2D eigenvalue weighted by Gasteiger charge is -2.30. The minimum absolute atomic E-state index is 0.321. The number of benzene rings is 5. The second kappa shape index (κ2) is 9.02. The lowest BCUT2D eigenvalue weighted by atomic mass is 10.1. The molecule has 0 radical (unpaired) electrons. The van der Waals surface area contributed by atoms with Crippen LogP contribution in [0.2, 0.25) is 5.02 Å². The van der Waals surface area contributed by atoms with E-state index in [9.17, 15) is 8.78 Å². The normalized spacial score (nSPS) is 12.4. The van der Waals surface area contributed by atoms with Gasteiger partial charge in [0.1, 0.15) is 23.1 Å². The summed E-state index contributed by atoms with van der Waals surface area (Å²) in [5.41, 5.74) is 4.68. The van der Waals surface area contributed by atoms with Gasteiger partial charge in [0.25, 0.3) is 0 Å². The van der Waals surface area contributed by atoms with Gasteiger partial charge in [-0.15, -0.1) is 0 Å². The van der Waals surface area contributed by atoms with Gasteiger partial charge in [-0.2, -0.15) is 0 Å². The summed E-state index contributed by atoms with van der Waals surface area (Å²) < 4.78 is 33.8. The van der Waals surface area contributed by atoms with Crippen LogP contribution in [-0.2, 0) is 0 Å². The van der Waals surface area contributed by atoms with Crippen molar-refractivity contribution in [2.75, 3.05) is 9.80 Å². The molecule has 0 amide bonds. The summed E-state index contributed by atoms with van der Waals surface area (Å²) in [5, 5.41) is 0.516. The van der Waals surface area contributed by atoms with E-state index in [-0.39, 0.29) is 11.6 Å². The zero-order valence-electron chi connectivity index (χ0n) is 18.9. The maximum absolute atomic E-state index is 13.8. The van der Waals surface area contributed by atoms with E-state index in [1.165, 1.54) is 24.3 Å². The number of hydrogen-bond acceptors (Lipinski definition) is 3. The van der Waals surface area contributed by atoms with E-state index in [1.807, 2.05) is 76.5 Å². The lowest BCUT2D eigenvalue weighted by Crippen LogP contribution is -2.14. The van der Waals surface area contributed by atoms with Crippen molar-refractivity contribution in [1.82, 2.24) is 0 Å². The van der Waals surface area contributed by atoms with Crippen LogP contribution in [0.4, 0.5) is 42.9 Å². The van der Waals surface area contributed by atoms with Crippen LogP contribution in [0.3, 0.4) is 0 Å². The molecule has 0 fully saturated rings. The first-order valence-electron chi connectivity index (χ1n) is 11.3. The predicted molar refractivity (Wildman–Crippen MR) is 141 cm³/mol. The molecule has 5 aromatic rings. The van der Waals surface area contributed by atoms with Crippen molar-refractivity contribution in [3.8, 4) is 11.5 Å². The van der Waals surface area contributed by atoms with Crippen molar-refractivity contribution < 1.29 is 13.5 Å². The van der Waals surface area contributed by atoms with Crippen molar-refractivity contribution in [2.24, 2.45) is 0 Å². The summed E-state index contributed by atoms with van der Waals surface area (Å²) in [5.74, 6) is 0.650. The van der Waals surface area contributed by atoms with E-state index in [1.54, 1.807) is 24.3 Å². The fourth-order valence-corrected chi connectivity index (χ4v) is 4.62. The number of rotatable bonds is 2. The Hall–Kier alpha value is -4.35. The molecule has 0 saturated carbocycles. The average molecular weight is 497 g/mol. The smallest absolute Gasteiger partial charge is 0.129 e. The van der Waals surface area contributed by atoms with Crippen LogP contribution >= 0.6 is 11.6 Å². The zero-order chi connectivity index (χ0) is 24.6. The van der Waals surface area contributed by atoms with Gasteiger partial charge in [0.05, 0.1) is 0 Å². The second-order valence-corrected chi connectivity index (χ2v) is 8.82. The lowest BCUT2D eigenvalue weighted by molar-refractivity contribution is 0.483. The van der Waals surface area contributed by atoms with Crippen molar-refractivity contribution >= 4 is 45.7 Å². The second-order valence-electron chi connectivity index (χ2n) is 8.39. The monoisotopic (exact) mass is 496 g/mol. The largest absolute Gasteiger partial charge is 0.457 e. The van der Waals surface area contributed by atoms with Gasteiger partial charge >= 0.3 is 0 Å². The van der Waals surface area contributed by atoms with Gasteiger partial charge in [-0.1, -0.05) is 23.7 Å². The summed E-state index contributed by atoms with van der Waals surface area (Å²) >= 11 is 6.68. The van der Waals surface area contributed by atoms with Gasteiger partial charge in [0, 0.05) is 51.3 Å². The van der Waals surface area contributed by atoms with E-state index in [0.29, 0.717) is 16.5 Å². The summed E-state index contributed by atoms with van der Waals surface area (Å²) in [4.78, 5) is 3.97. The molecule has 6 heteroatoms. The Balaban J connectivity index is 1.64. The Morgan fingerprint density at radius 2 is 0.917 bits per heavy atom. The Bertz CT molecular complexity index is 1440. The standard InChI is InChI=1S/C30H19ClF2N2O/c31-20-15-27-17-28(16-20)35(24-13-9-22(33)10-14-24)26-4-2-6-30(19-26)36-29-5-1-3-25(18-29)34(27)23-11-7-21(32)8-12-23/h1-19H. The summed E-state index contributed by atoms with van der Waals surface area (Å²) in [6, 6.07) is 33.6. The number of halogens is 3. The third kappa shape index (κ3) is 4.25. The minimum Gasteiger partial charge on any atom is -0.457 e. The van der Waals surface area contributed by atoms with E-state index in [0.717, 1.165) is 34.1 Å². The predicted octanol–water partition coefficient (Wildman–Crippen LogP) is 9.66. The summed E-state index contributed by atoms with van der Waals surface area (Å²) in [7, 11) is 0. The topological polar surface area (TPSA) is 15.7 Å². The molecule has 0 aromatic heterocycles. The Morgan fingerprint density at radius 1 is 0.472 bits per heavy atom. The molecule has 5 aromatic carbocycles. The number of nitrogens with zero attached hydrogens (tertiary/aromatic N) is 2. The number of ether oxygens (including phenoxy) is 1. The van der Waals surface area contributed by atoms with Crippen LogP contribution < -0.4 is 14.5 Å². The molecule has 6 rings (SSSR count). The molecule has 176 valence electrons. The Kier molecular flexibility index (Phi) is 5.55. The molecule has 1 aliphatic rings. The maximum atomic E-state index is 13.8. The van der Waals surface area contributed by atoms with Gasteiger partial charge in [0.15, 0.2) is 0 Å². The first-order chi connectivity index (χ1) is 17.5. The Labute approximate surface area is 212 Å². The highest BCUT2D eigenvalue weighted by molar-refractivity contribution is 6.31. The third-order valence-corrected chi connectivity index (χ3v) is 6.16. The average Bonchev–Trinajstić information content (AvgIpc) is 2.87. The highest BCUT2D eigenvalue weighted by atomic mass is 35.5. The third-order valence-electron chi connectivity index (χ3n) is 5.94. The molecule has 0 spiro atoms. The SMILES string of the molecule is Fc1ccc(N2c3cccc(c3)Oc3cccc(c3)N(c3ccc(F)cc3)c3cc(Cl)cc2c3)cc1. The minimum atomic E-state index is -0.321. The molecule has 0 saturated heterocycles. The highest BCUT2D eigenvalue weighted by Gasteiger charge is 2.20. The van der Waals surface area contributed by atoms with Gasteiger partial charge in [-0.05, 0) is 91.0 Å². The summed E-state index contributed by atoms with van der Waals surface area (Å²) in [6.45, 7) is 0. The molecule has 1 aliphatic heterocycles. The first kappa shape index (κ1) is 22.1.